The number of rotatable bonds is 4. The van der Waals surface area contributed by atoms with Crippen molar-refractivity contribution < 1.29 is 13.9 Å². The largest absolute Gasteiger partial charge is 0.465 e. The molecule has 0 saturated carbocycles. The Kier molecular flexibility index (Phi) is 4.01. The molecule has 0 radical (unpaired) electrons. The number of carbonyl (C=O) groups excluding carboxylic acids is 1. The first-order chi connectivity index (χ1) is 7.45. The summed E-state index contributed by atoms with van der Waals surface area (Å²) < 4.78 is 17.5. The topological polar surface area (TPSA) is 52.3 Å². The predicted octanol–water partition coefficient (Wildman–Crippen LogP) is 1.65. The van der Waals surface area contributed by atoms with Crippen LogP contribution >= 0.6 is 0 Å². The Morgan fingerprint density at radius 1 is 1.44 bits per heavy atom. The van der Waals surface area contributed by atoms with Gasteiger partial charge in [-0.1, -0.05) is 12.1 Å². The van der Waals surface area contributed by atoms with Crippen LogP contribution in [-0.2, 0) is 16.0 Å². The third-order valence-electron chi connectivity index (χ3n) is 2.23. The maximum atomic E-state index is 12.7. The normalized spacial score (nSPS) is 14.2. The molecule has 1 rings (SSSR count). The first kappa shape index (κ1) is 12.6. The standard InChI is InChI=1S/C12H16FNO2/c1-3-16-11(15)12(2,14)8-9-4-6-10(13)7-5-9/h4-7H,3,8,14H2,1-2H3/t12-/m1/s1. The van der Waals surface area contributed by atoms with E-state index in [0.29, 0.717) is 13.0 Å². The van der Waals surface area contributed by atoms with E-state index in [0.717, 1.165) is 5.56 Å². The fraction of sp³-hybridized carbons (Fsp3) is 0.417. The minimum absolute atomic E-state index is 0.301. The van der Waals surface area contributed by atoms with E-state index in [9.17, 15) is 9.18 Å². The molecule has 1 aromatic carbocycles. The van der Waals surface area contributed by atoms with E-state index < -0.39 is 11.5 Å². The van der Waals surface area contributed by atoms with Crippen LogP contribution in [0.3, 0.4) is 0 Å². The van der Waals surface area contributed by atoms with Crippen molar-refractivity contribution in [3.8, 4) is 0 Å². The molecule has 3 nitrogen and oxygen atoms in total. The third kappa shape index (κ3) is 3.31. The van der Waals surface area contributed by atoms with Crippen LogP contribution in [0.25, 0.3) is 0 Å². The number of esters is 1. The highest BCUT2D eigenvalue weighted by molar-refractivity contribution is 5.80. The summed E-state index contributed by atoms with van der Waals surface area (Å²) in [6.45, 7) is 3.63. The number of hydrogen-bond acceptors (Lipinski definition) is 3. The Hall–Kier alpha value is -1.42. The fourth-order valence-electron chi connectivity index (χ4n) is 1.39. The van der Waals surface area contributed by atoms with Crippen molar-refractivity contribution >= 4 is 5.97 Å². The van der Waals surface area contributed by atoms with Crippen molar-refractivity contribution in [1.82, 2.24) is 0 Å². The van der Waals surface area contributed by atoms with Gasteiger partial charge >= 0.3 is 5.97 Å². The molecule has 1 aromatic rings. The van der Waals surface area contributed by atoms with E-state index >= 15 is 0 Å². The zero-order valence-electron chi connectivity index (χ0n) is 9.50. The average Bonchev–Trinajstić information content (AvgIpc) is 2.21. The smallest absolute Gasteiger partial charge is 0.326 e. The lowest BCUT2D eigenvalue weighted by atomic mass is 9.94. The number of halogens is 1. The van der Waals surface area contributed by atoms with Gasteiger partial charge in [0.1, 0.15) is 11.4 Å². The number of benzene rings is 1. The molecule has 1 atom stereocenters. The summed E-state index contributed by atoms with van der Waals surface area (Å²) in [5.74, 6) is -0.752. The molecular weight excluding hydrogens is 209 g/mol. The maximum absolute atomic E-state index is 12.7. The van der Waals surface area contributed by atoms with Gasteiger partial charge in [0.05, 0.1) is 6.61 Å². The van der Waals surface area contributed by atoms with Gasteiger partial charge in [-0.05, 0) is 31.5 Å². The van der Waals surface area contributed by atoms with Crippen molar-refractivity contribution in [3.05, 3.63) is 35.6 Å². The highest BCUT2D eigenvalue weighted by Crippen LogP contribution is 2.13. The first-order valence-corrected chi connectivity index (χ1v) is 5.16. The van der Waals surface area contributed by atoms with Crippen LogP contribution < -0.4 is 5.73 Å². The SMILES string of the molecule is CCOC(=O)[C@](C)(N)Cc1ccc(F)cc1. The molecule has 0 aliphatic rings. The molecular formula is C12H16FNO2. The highest BCUT2D eigenvalue weighted by atomic mass is 19.1. The second kappa shape index (κ2) is 5.07. The minimum Gasteiger partial charge on any atom is -0.465 e. The van der Waals surface area contributed by atoms with E-state index in [1.165, 1.54) is 12.1 Å². The number of carbonyl (C=O) groups is 1. The second-order valence-electron chi connectivity index (χ2n) is 3.94. The summed E-state index contributed by atoms with van der Waals surface area (Å²) in [5.41, 5.74) is 5.58. The Labute approximate surface area is 94.4 Å². The van der Waals surface area contributed by atoms with Crippen LogP contribution in [0.5, 0.6) is 0 Å². The molecule has 0 bridgehead atoms. The van der Waals surface area contributed by atoms with Crippen molar-refractivity contribution in [1.29, 1.82) is 0 Å². The Morgan fingerprint density at radius 2 is 2.00 bits per heavy atom. The van der Waals surface area contributed by atoms with E-state index in [4.69, 9.17) is 10.5 Å². The summed E-state index contributed by atoms with van der Waals surface area (Å²) in [6, 6.07) is 5.91. The van der Waals surface area contributed by atoms with Crippen molar-refractivity contribution in [2.45, 2.75) is 25.8 Å². The van der Waals surface area contributed by atoms with Crippen LogP contribution in [0.4, 0.5) is 4.39 Å². The van der Waals surface area contributed by atoms with E-state index in [-0.39, 0.29) is 5.82 Å². The Bertz CT molecular complexity index is 360. The maximum Gasteiger partial charge on any atom is 0.326 e. The summed E-state index contributed by atoms with van der Waals surface area (Å²) in [5, 5.41) is 0. The van der Waals surface area contributed by atoms with Gasteiger partial charge in [0, 0.05) is 6.42 Å². The number of hydrogen-bond donors (Lipinski definition) is 1. The molecule has 4 heteroatoms. The lowest BCUT2D eigenvalue weighted by Gasteiger charge is -2.22. The van der Waals surface area contributed by atoms with Gasteiger partial charge in [-0.25, -0.2) is 4.39 Å². The fourth-order valence-corrected chi connectivity index (χ4v) is 1.39. The molecule has 0 amide bonds. The molecule has 2 N–H and O–H groups in total. The van der Waals surface area contributed by atoms with E-state index in [1.54, 1.807) is 26.0 Å². The third-order valence-corrected chi connectivity index (χ3v) is 2.23. The summed E-state index contributed by atoms with van der Waals surface area (Å²) >= 11 is 0. The van der Waals surface area contributed by atoms with E-state index in [1.807, 2.05) is 0 Å². The molecule has 0 spiro atoms. The quantitative estimate of drug-likeness (QED) is 0.793. The molecule has 0 aliphatic heterocycles. The van der Waals surface area contributed by atoms with Gasteiger partial charge in [0.15, 0.2) is 0 Å². The van der Waals surface area contributed by atoms with Gasteiger partial charge in [0.2, 0.25) is 0 Å². The van der Waals surface area contributed by atoms with Crippen LogP contribution in [-0.4, -0.2) is 18.1 Å². The van der Waals surface area contributed by atoms with Crippen LogP contribution in [0.15, 0.2) is 24.3 Å². The van der Waals surface area contributed by atoms with Gasteiger partial charge in [-0.15, -0.1) is 0 Å². The molecule has 0 heterocycles. The van der Waals surface area contributed by atoms with Crippen molar-refractivity contribution in [3.63, 3.8) is 0 Å². The molecule has 16 heavy (non-hydrogen) atoms. The monoisotopic (exact) mass is 225 g/mol. The van der Waals surface area contributed by atoms with Crippen LogP contribution in [0.1, 0.15) is 19.4 Å². The zero-order chi connectivity index (χ0) is 12.2. The van der Waals surface area contributed by atoms with E-state index in [2.05, 4.69) is 0 Å². The predicted molar refractivity (Wildman–Crippen MR) is 59.3 cm³/mol. The highest BCUT2D eigenvalue weighted by Gasteiger charge is 2.30. The van der Waals surface area contributed by atoms with Gasteiger partial charge < -0.3 is 10.5 Å². The minimum atomic E-state index is -1.08. The Balaban J connectivity index is 2.72. The number of nitrogens with two attached hydrogens (primary N) is 1. The lowest BCUT2D eigenvalue weighted by Crippen LogP contribution is -2.48. The lowest BCUT2D eigenvalue weighted by molar-refractivity contribution is -0.148. The van der Waals surface area contributed by atoms with Crippen molar-refractivity contribution in [2.24, 2.45) is 5.73 Å². The average molecular weight is 225 g/mol. The molecule has 0 aliphatic carbocycles. The summed E-state index contributed by atoms with van der Waals surface area (Å²) in [7, 11) is 0. The second-order valence-corrected chi connectivity index (χ2v) is 3.94. The van der Waals surface area contributed by atoms with Gasteiger partial charge in [-0.2, -0.15) is 0 Å². The number of ether oxygens (including phenoxy) is 1. The van der Waals surface area contributed by atoms with Crippen LogP contribution in [0.2, 0.25) is 0 Å². The summed E-state index contributed by atoms with van der Waals surface area (Å²) in [4.78, 5) is 11.5. The zero-order valence-corrected chi connectivity index (χ0v) is 9.50. The molecule has 0 aromatic heterocycles. The van der Waals surface area contributed by atoms with Gasteiger partial charge in [-0.3, -0.25) is 4.79 Å². The summed E-state index contributed by atoms with van der Waals surface area (Å²) in [6.07, 6.45) is 0.326. The molecule has 88 valence electrons. The van der Waals surface area contributed by atoms with Gasteiger partial charge in [0.25, 0.3) is 0 Å². The van der Waals surface area contributed by atoms with Crippen LogP contribution in [0, 0.1) is 5.82 Å². The first-order valence-electron chi connectivity index (χ1n) is 5.16. The Morgan fingerprint density at radius 3 is 2.50 bits per heavy atom. The van der Waals surface area contributed by atoms with Crippen molar-refractivity contribution in [2.75, 3.05) is 6.61 Å². The molecule has 0 fully saturated rings. The molecule has 0 unspecified atom stereocenters. The molecule has 0 saturated heterocycles.